The Morgan fingerprint density at radius 1 is 1.33 bits per heavy atom. The molecule has 1 N–H and O–H groups in total. The fourth-order valence-electron chi connectivity index (χ4n) is 1.55. The zero-order valence-corrected chi connectivity index (χ0v) is 11.4. The average molecular weight is 256 g/mol. The van der Waals surface area contributed by atoms with E-state index in [4.69, 9.17) is 9.47 Å². The van der Waals surface area contributed by atoms with Crippen LogP contribution in [0.2, 0.25) is 0 Å². The molecule has 1 heterocycles. The van der Waals surface area contributed by atoms with Gasteiger partial charge >= 0.3 is 0 Å². The van der Waals surface area contributed by atoms with E-state index in [0.29, 0.717) is 13.2 Å². The first-order valence-electron chi connectivity index (χ1n) is 6.52. The van der Waals surface area contributed by atoms with Gasteiger partial charge in [0.1, 0.15) is 12.2 Å². The number of aryl methyl sites for hydroxylation is 1. The van der Waals surface area contributed by atoms with Gasteiger partial charge in [0.25, 0.3) is 0 Å². The number of methoxy groups -OCH3 is 1. The summed E-state index contributed by atoms with van der Waals surface area (Å²) in [6.45, 7) is 6.80. The van der Waals surface area contributed by atoms with Crippen LogP contribution in [0.1, 0.15) is 25.6 Å². The second-order valence-electron chi connectivity index (χ2n) is 4.03. The number of hydrogen-bond acceptors (Lipinski definition) is 5. The number of rotatable bonds is 11. The van der Waals surface area contributed by atoms with E-state index in [1.54, 1.807) is 13.4 Å². The summed E-state index contributed by atoms with van der Waals surface area (Å²) < 4.78 is 12.2. The standard InChI is InChI=1S/C12H24N4O2/c1-3-5-13-10-12-14-11-15-16(12)6-4-7-18-9-8-17-2/h11,13H,3-10H2,1-2H3. The number of ether oxygens (including phenoxy) is 2. The summed E-state index contributed by atoms with van der Waals surface area (Å²) >= 11 is 0. The predicted molar refractivity (Wildman–Crippen MR) is 69.3 cm³/mol. The molecule has 0 saturated heterocycles. The first-order valence-corrected chi connectivity index (χ1v) is 6.52. The summed E-state index contributed by atoms with van der Waals surface area (Å²) in [4.78, 5) is 4.24. The van der Waals surface area contributed by atoms with Gasteiger partial charge in [0.15, 0.2) is 0 Å². The van der Waals surface area contributed by atoms with E-state index in [0.717, 1.165) is 44.9 Å². The quantitative estimate of drug-likeness (QED) is 0.594. The van der Waals surface area contributed by atoms with Crippen LogP contribution in [0.15, 0.2) is 6.33 Å². The molecule has 0 unspecified atom stereocenters. The lowest BCUT2D eigenvalue weighted by Crippen LogP contribution is -2.18. The maximum atomic E-state index is 5.41. The van der Waals surface area contributed by atoms with Crippen molar-refractivity contribution >= 4 is 0 Å². The van der Waals surface area contributed by atoms with Gasteiger partial charge in [-0.2, -0.15) is 5.10 Å². The highest BCUT2D eigenvalue weighted by atomic mass is 16.5. The van der Waals surface area contributed by atoms with E-state index in [1.807, 2.05) is 4.68 Å². The molecule has 0 atom stereocenters. The van der Waals surface area contributed by atoms with Crippen molar-refractivity contribution < 1.29 is 9.47 Å². The van der Waals surface area contributed by atoms with Crippen LogP contribution in [0, 0.1) is 0 Å². The topological polar surface area (TPSA) is 61.2 Å². The summed E-state index contributed by atoms with van der Waals surface area (Å²) in [7, 11) is 1.67. The number of nitrogens with zero attached hydrogens (tertiary/aromatic N) is 3. The summed E-state index contributed by atoms with van der Waals surface area (Å²) in [5.74, 6) is 0.986. The second kappa shape index (κ2) is 9.99. The fourth-order valence-corrected chi connectivity index (χ4v) is 1.55. The third-order valence-electron chi connectivity index (χ3n) is 2.50. The molecule has 6 nitrogen and oxygen atoms in total. The molecule has 0 aromatic carbocycles. The van der Waals surface area contributed by atoms with E-state index in [-0.39, 0.29) is 0 Å². The Morgan fingerprint density at radius 2 is 2.22 bits per heavy atom. The minimum atomic E-state index is 0.648. The predicted octanol–water partition coefficient (Wildman–Crippen LogP) is 0.831. The van der Waals surface area contributed by atoms with Gasteiger partial charge in [-0.1, -0.05) is 6.92 Å². The van der Waals surface area contributed by atoms with Crippen LogP contribution >= 0.6 is 0 Å². The van der Waals surface area contributed by atoms with Gasteiger partial charge in [-0.05, 0) is 19.4 Å². The Labute approximate surface area is 109 Å². The molecule has 0 bridgehead atoms. The Kier molecular flexibility index (Phi) is 8.37. The molecule has 1 aromatic rings. The summed E-state index contributed by atoms with van der Waals surface area (Å²) in [5.41, 5.74) is 0. The second-order valence-corrected chi connectivity index (χ2v) is 4.03. The van der Waals surface area contributed by atoms with Gasteiger partial charge < -0.3 is 14.8 Å². The number of nitrogens with one attached hydrogen (secondary N) is 1. The molecule has 0 radical (unpaired) electrons. The molecular formula is C12H24N4O2. The van der Waals surface area contributed by atoms with E-state index >= 15 is 0 Å². The largest absolute Gasteiger partial charge is 0.382 e. The van der Waals surface area contributed by atoms with Crippen LogP contribution in [0.3, 0.4) is 0 Å². The van der Waals surface area contributed by atoms with Crippen molar-refractivity contribution in [3.8, 4) is 0 Å². The van der Waals surface area contributed by atoms with Crippen molar-refractivity contribution in [3.63, 3.8) is 0 Å². The Hall–Kier alpha value is -0.980. The van der Waals surface area contributed by atoms with E-state index < -0.39 is 0 Å². The zero-order valence-electron chi connectivity index (χ0n) is 11.4. The van der Waals surface area contributed by atoms with E-state index in [9.17, 15) is 0 Å². The van der Waals surface area contributed by atoms with Crippen LogP contribution in [0.4, 0.5) is 0 Å². The molecule has 0 spiro atoms. The summed E-state index contributed by atoms with van der Waals surface area (Å²) in [5, 5.41) is 7.54. The maximum absolute atomic E-state index is 5.41. The fraction of sp³-hybridized carbons (Fsp3) is 0.833. The summed E-state index contributed by atoms with van der Waals surface area (Å²) in [6, 6.07) is 0. The highest BCUT2D eigenvalue weighted by Crippen LogP contribution is 1.96. The number of hydrogen-bond donors (Lipinski definition) is 1. The van der Waals surface area contributed by atoms with Crippen molar-refractivity contribution in [1.29, 1.82) is 0 Å². The van der Waals surface area contributed by atoms with Gasteiger partial charge in [-0.3, -0.25) is 0 Å². The molecule has 6 heteroatoms. The summed E-state index contributed by atoms with van der Waals surface area (Å²) in [6.07, 6.45) is 3.67. The van der Waals surface area contributed by atoms with Crippen LogP contribution in [-0.4, -0.2) is 48.2 Å². The maximum Gasteiger partial charge on any atom is 0.140 e. The first-order chi connectivity index (χ1) is 8.88. The number of aromatic nitrogens is 3. The smallest absolute Gasteiger partial charge is 0.140 e. The molecular weight excluding hydrogens is 232 g/mol. The van der Waals surface area contributed by atoms with Crippen molar-refractivity contribution in [3.05, 3.63) is 12.2 Å². The van der Waals surface area contributed by atoms with Gasteiger partial charge in [0.2, 0.25) is 0 Å². The van der Waals surface area contributed by atoms with Crippen molar-refractivity contribution in [1.82, 2.24) is 20.1 Å². The van der Waals surface area contributed by atoms with Crippen LogP contribution < -0.4 is 5.32 Å². The van der Waals surface area contributed by atoms with Crippen LogP contribution in [0.5, 0.6) is 0 Å². The Bertz CT molecular complexity index is 304. The lowest BCUT2D eigenvalue weighted by Gasteiger charge is -2.07. The minimum absolute atomic E-state index is 0.648. The van der Waals surface area contributed by atoms with E-state index in [2.05, 4.69) is 22.3 Å². The molecule has 104 valence electrons. The third kappa shape index (κ3) is 6.09. The molecule has 0 saturated carbocycles. The highest BCUT2D eigenvalue weighted by Gasteiger charge is 2.03. The molecule has 1 aromatic heterocycles. The van der Waals surface area contributed by atoms with Crippen molar-refractivity contribution in [2.45, 2.75) is 32.9 Å². The van der Waals surface area contributed by atoms with Gasteiger partial charge in [-0.15, -0.1) is 0 Å². The normalized spacial score (nSPS) is 11.0. The van der Waals surface area contributed by atoms with Crippen LogP contribution in [0.25, 0.3) is 0 Å². The van der Waals surface area contributed by atoms with Gasteiger partial charge in [0, 0.05) is 20.3 Å². The lowest BCUT2D eigenvalue weighted by atomic mass is 10.4. The molecule has 18 heavy (non-hydrogen) atoms. The van der Waals surface area contributed by atoms with Gasteiger partial charge in [0.05, 0.1) is 19.8 Å². The zero-order chi connectivity index (χ0) is 13.1. The molecule has 0 aliphatic rings. The molecule has 0 fully saturated rings. The monoisotopic (exact) mass is 256 g/mol. The minimum Gasteiger partial charge on any atom is -0.382 e. The Balaban J connectivity index is 2.15. The average Bonchev–Trinajstić information content (AvgIpc) is 2.82. The SMILES string of the molecule is CCCNCc1ncnn1CCCOCCOC. The molecule has 0 amide bonds. The van der Waals surface area contributed by atoms with E-state index in [1.165, 1.54) is 0 Å². The highest BCUT2D eigenvalue weighted by molar-refractivity contribution is 4.83. The third-order valence-corrected chi connectivity index (χ3v) is 2.50. The van der Waals surface area contributed by atoms with Crippen molar-refractivity contribution in [2.24, 2.45) is 0 Å². The van der Waals surface area contributed by atoms with Crippen LogP contribution in [-0.2, 0) is 22.6 Å². The van der Waals surface area contributed by atoms with Crippen molar-refractivity contribution in [2.75, 3.05) is 33.5 Å². The first kappa shape index (κ1) is 15.1. The Morgan fingerprint density at radius 3 is 3.00 bits per heavy atom. The molecule has 0 aliphatic carbocycles. The molecule has 1 rings (SSSR count). The lowest BCUT2D eigenvalue weighted by molar-refractivity contribution is 0.0676. The van der Waals surface area contributed by atoms with Gasteiger partial charge in [-0.25, -0.2) is 9.67 Å². The molecule has 0 aliphatic heterocycles.